The zero-order chi connectivity index (χ0) is 17.2. The Kier molecular flexibility index (Phi) is 4.70. The lowest BCUT2D eigenvalue weighted by atomic mass is 9.84. The molecule has 3 aliphatic heterocycles. The van der Waals surface area contributed by atoms with E-state index in [1.807, 2.05) is 30.3 Å². The summed E-state index contributed by atoms with van der Waals surface area (Å²) in [4.78, 5) is 15.9. The van der Waals surface area contributed by atoms with Gasteiger partial charge in [-0.1, -0.05) is 23.1 Å². The largest absolute Gasteiger partial charge is 0.348 e. The molecule has 1 N–H and O–H groups in total. The second-order valence-corrected chi connectivity index (χ2v) is 8.63. The average Bonchev–Trinajstić information content (AvgIpc) is 3.11. The molecule has 8 heteroatoms. The summed E-state index contributed by atoms with van der Waals surface area (Å²) >= 11 is 2.71. The molecule has 1 unspecified atom stereocenters. The number of hydrogen-bond acceptors (Lipinski definition) is 7. The molecule has 1 atom stereocenters. The molecule has 3 fully saturated rings. The van der Waals surface area contributed by atoms with Gasteiger partial charge in [-0.05, 0) is 56.1 Å². The number of aromatic nitrogens is 2. The highest BCUT2D eigenvalue weighted by molar-refractivity contribution is 8.01. The minimum absolute atomic E-state index is 0.00187. The summed E-state index contributed by atoms with van der Waals surface area (Å²) in [5.41, 5.74) is 0.677. The molecular formula is C17H17N5OS2. The van der Waals surface area contributed by atoms with Crippen molar-refractivity contribution in [3.63, 3.8) is 0 Å². The van der Waals surface area contributed by atoms with Crippen LogP contribution in [0.5, 0.6) is 0 Å². The van der Waals surface area contributed by atoms with Crippen LogP contribution in [0.15, 0.2) is 33.5 Å². The van der Waals surface area contributed by atoms with E-state index in [0.29, 0.717) is 16.5 Å². The van der Waals surface area contributed by atoms with Gasteiger partial charge in [0.25, 0.3) is 5.91 Å². The second kappa shape index (κ2) is 7.12. The molecular weight excluding hydrogens is 354 g/mol. The third kappa shape index (κ3) is 3.68. The van der Waals surface area contributed by atoms with E-state index < -0.39 is 0 Å². The lowest BCUT2D eigenvalue weighted by Gasteiger charge is -2.44. The third-order valence-electron chi connectivity index (χ3n) is 4.80. The summed E-state index contributed by atoms with van der Waals surface area (Å²) in [5.74, 6) is 0.619. The van der Waals surface area contributed by atoms with Crippen molar-refractivity contribution in [2.45, 2.75) is 28.1 Å². The van der Waals surface area contributed by atoms with Crippen molar-refractivity contribution in [2.75, 3.05) is 19.6 Å². The van der Waals surface area contributed by atoms with Gasteiger partial charge in [-0.25, -0.2) is 0 Å². The van der Waals surface area contributed by atoms with Gasteiger partial charge in [-0.15, -0.1) is 10.2 Å². The quantitative estimate of drug-likeness (QED) is 0.889. The zero-order valence-corrected chi connectivity index (χ0v) is 15.1. The van der Waals surface area contributed by atoms with E-state index in [9.17, 15) is 4.79 Å². The van der Waals surface area contributed by atoms with Crippen LogP contribution in [0.2, 0.25) is 0 Å². The molecule has 6 nitrogen and oxygen atoms in total. The Labute approximate surface area is 154 Å². The first-order chi connectivity index (χ1) is 12.2. The average molecular weight is 371 g/mol. The summed E-state index contributed by atoms with van der Waals surface area (Å²) in [6.07, 6.45) is 2.38. The Hall–Kier alpha value is -1.95. The number of amides is 1. The second-order valence-electron chi connectivity index (χ2n) is 6.33. The summed E-state index contributed by atoms with van der Waals surface area (Å²) < 4.78 is 0.723. The number of nitrogens with zero attached hydrogens (tertiary/aromatic N) is 4. The van der Waals surface area contributed by atoms with Crippen molar-refractivity contribution in [3.8, 4) is 6.07 Å². The van der Waals surface area contributed by atoms with Gasteiger partial charge < -0.3 is 10.2 Å². The molecule has 0 spiro atoms. The molecule has 2 aromatic rings. The van der Waals surface area contributed by atoms with E-state index in [0.717, 1.165) is 15.8 Å². The van der Waals surface area contributed by atoms with Crippen LogP contribution in [0.25, 0.3) is 0 Å². The smallest absolute Gasteiger partial charge is 0.251 e. The van der Waals surface area contributed by atoms with E-state index in [4.69, 9.17) is 5.26 Å². The highest BCUT2D eigenvalue weighted by Gasteiger charge is 2.34. The molecule has 5 rings (SSSR count). The van der Waals surface area contributed by atoms with Crippen LogP contribution in [0.3, 0.4) is 0 Å². The molecule has 2 bridgehead atoms. The summed E-state index contributed by atoms with van der Waals surface area (Å²) in [5, 5.41) is 20.1. The van der Waals surface area contributed by atoms with Gasteiger partial charge in [-0.3, -0.25) is 4.79 Å². The SMILES string of the molecule is N#Cc1nnc(Sc2ccc(C(=O)NC3CN4CCC3CC4)cc2)s1. The number of nitriles is 1. The van der Waals surface area contributed by atoms with E-state index in [1.165, 1.54) is 49.0 Å². The fourth-order valence-electron chi connectivity index (χ4n) is 3.45. The van der Waals surface area contributed by atoms with Crippen LogP contribution in [-0.4, -0.2) is 46.7 Å². The molecule has 128 valence electrons. The van der Waals surface area contributed by atoms with Gasteiger partial charge in [0.05, 0.1) is 0 Å². The molecule has 0 saturated carbocycles. The number of carbonyl (C=O) groups is 1. The van der Waals surface area contributed by atoms with Crippen molar-refractivity contribution >= 4 is 29.0 Å². The minimum Gasteiger partial charge on any atom is -0.348 e. The molecule has 0 radical (unpaired) electrons. The molecule has 25 heavy (non-hydrogen) atoms. The molecule has 1 aromatic carbocycles. The maximum Gasteiger partial charge on any atom is 0.251 e. The number of fused-ring (bicyclic) bond motifs is 3. The highest BCUT2D eigenvalue weighted by Crippen LogP contribution is 2.30. The summed E-state index contributed by atoms with van der Waals surface area (Å²) in [6, 6.07) is 9.75. The highest BCUT2D eigenvalue weighted by atomic mass is 32.2. The van der Waals surface area contributed by atoms with Crippen LogP contribution in [0.1, 0.15) is 28.2 Å². The number of hydrogen-bond donors (Lipinski definition) is 1. The maximum absolute atomic E-state index is 12.5. The van der Waals surface area contributed by atoms with Crippen LogP contribution in [0, 0.1) is 17.2 Å². The fraction of sp³-hybridized carbons (Fsp3) is 0.412. The zero-order valence-electron chi connectivity index (χ0n) is 13.5. The Morgan fingerprint density at radius 3 is 2.64 bits per heavy atom. The monoisotopic (exact) mass is 371 g/mol. The van der Waals surface area contributed by atoms with Crippen LogP contribution < -0.4 is 5.32 Å². The van der Waals surface area contributed by atoms with Crippen LogP contribution >= 0.6 is 23.1 Å². The number of piperidine rings is 3. The van der Waals surface area contributed by atoms with Crippen molar-refractivity contribution in [1.82, 2.24) is 20.4 Å². The Morgan fingerprint density at radius 2 is 2.04 bits per heavy atom. The number of nitrogens with one attached hydrogen (secondary N) is 1. The van der Waals surface area contributed by atoms with Crippen molar-refractivity contribution < 1.29 is 4.79 Å². The van der Waals surface area contributed by atoms with Gasteiger partial charge in [0.15, 0.2) is 4.34 Å². The van der Waals surface area contributed by atoms with Crippen molar-refractivity contribution in [3.05, 3.63) is 34.8 Å². The number of rotatable bonds is 4. The number of carbonyl (C=O) groups excluding carboxylic acids is 1. The number of benzene rings is 1. The molecule has 1 amide bonds. The molecule has 3 saturated heterocycles. The standard InChI is InChI=1S/C17H17N5OS2/c18-9-15-20-21-17(25-15)24-13-3-1-12(2-4-13)16(23)19-14-10-22-7-5-11(14)6-8-22/h1-4,11,14H,5-8,10H2,(H,19,23). The first kappa shape index (κ1) is 16.5. The van der Waals surface area contributed by atoms with E-state index in [2.05, 4.69) is 20.4 Å². The minimum atomic E-state index is -0.00187. The molecule has 4 heterocycles. The molecule has 1 aromatic heterocycles. The lowest BCUT2D eigenvalue weighted by Crippen LogP contribution is -2.57. The van der Waals surface area contributed by atoms with Crippen LogP contribution in [0.4, 0.5) is 0 Å². The van der Waals surface area contributed by atoms with Gasteiger partial charge in [0.2, 0.25) is 5.01 Å². The van der Waals surface area contributed by atoms with E-state index in [-0.39, 0.29) is 11.9 Å². The summed E-state index contributed by atoms with van der Waals surface area (Å²) in [7, 11) is 0. The first-order valence-corrected chi connectivity index (χ1v) is 9.89. The van der Waals surface area contributed by atoms with Gasteiger partial charge in [-0.2, -0.15) is 5.26 Å². The van der Waals surface area contributed by atoms with Gasteiger partial charge >= 0.3 is 0 Å². The maximum atomic E-state index is 12.5. The van der Waals surface area contributed by atoms with Gasteiger partial charge in [0, 0.05) is 23.0 Å². The Bertz CT molecular complexity index is 805. The first-order valence-electron chi connectivity index (χ1n) is 8.26. The predicted molar refractivity (Wildman–Crippen MR) is 95.6 cm³/mol. The van der Waals surface area contributed by atoms with Crippen molar-refractivity contribution in [2.24, 2.45) is 5.92 Å². The lowest BCUT2D eigenvalue weighted by molar-refractivity contribution is 0.0620. The van der Waals surface area contributed by atoms with E-state index >= 15 is 0 Å². The van der Waals surface area contributed by atoms with E-state index in [1.54, 1.807) is 0 Å². The van der Waals surface area contributed by atoms with Crippen molar-refractivity contribution in [1.29, 1.82) is 5.26 Å². The summed E-state index contributed by atoms with van der Waals surface area (Å²) in [6.45, 7) is 3.31. The van der Waals surface area contributed by atoms with Crippen LogP contribution in [-0.2, 0) is 0 Å². The molecule has 0 aliphatic carbocycles. The van der Waals surface area contributed by atoms with Gasteiger partial charge in [0.1, 0.15) is 6.07 Å². The fourth-order valence-corrected chi connectivity index (χ4v) is 5.07. The topological polar surface area (TPSA) is 81.9 Å². The normalized spacial score (nSPS) is 24.7. The Balaban J connectivity index is 1.38. The Morgan fingerprint density at radius 1 is 1.28 bits per heavy atom. The molecule has 3 aliphatic rings. The third-order valence-corrected chi connectivity index (χ3v) is 6.68. The predicted octanol–water partition coefficient (Wildman–Crippen LogP) is 2.38.